The van der Waals surface area contributed by atoms with E-state index in [1.165, 1.54) is 51.4 Å². The third-order valence-corrected chi connectivity index (χ3v) is 9.10. The summed E-state index contributed by atoms with van der Waals surface area (Å²) in [6.07, 6.45) is 9.78. The van der Waals surface area contributed by atoms with Crippen LogP contribution >= 0.6 is 97.0 Å². The number of nitrogens with zero attached hydrogens (tertiary/aromatic N) is 4. The zero-order chi connectivity index (χ0) is 27.0. The van der Waals surface area contributed by atoms with Gasteiger partial charge in [0, 0.05) is 52.4 Å². The zero-order valence-corrected chi connectivity index (χ0v) is 27.7. The first-order valence-corrected chi connectivity index (χ1v) is 17.3. The number of thiocarbonyl (C=S) groups is 4. The second-order valence-electron chi connectivity index (χ2n) is 8.84. The maximum atomic E-state index is 5.35. The summed E-state index contributed by atoms with van der Waals surface area (Å²) in [6, 6.07) is 0. The van der Waals surface area contributed by atoms with Crippen LogP contribution in [0.2, 0.25) is 0 Å². The van der Waals surface area contributed by atoms with Crippen LogP contribution < -0.4 is 21.7 Å². The van der Waals surface area contributed by atoms with Crippen LogP contribution in [0.1, 0.15) is 51.4 Å². The van der Waals surface area contributed by atoms with Gasteiger partial charge in [0.15, 0.2) is 17.3 Å². The maximum Gasteiger partial charge on any atom is 0.176 e. The molecule has 0 atom stereocenters. The van der Waals surface area contributed by atoms with Crippen molar-refractivity contribution in [2.24, 2.45) is 0 Å². The molecule has 216 valence electrons. The summed E-state index contributed by atoms with van der Waals surface area (Å²) in [7, 11) is 0. The highest BCUT2D eigenvalue weighted by molar-refractivity contribution is 8.30. The predicted octanol–water partition coefficient (Wildman–Crippen LogP) is 4.14. The molecule has 0 bridgehead atoms. The molecule has 10 nitrogen and oxygen atoms in total. The molecular formula is C20H36N8O2S8. The van der Waals surface area contributed by atoms with E-state index >= 15 is 0 Å². The van der Waals surface area contributed by atoms with Crippen molar-refractivity contribution in [3.8, 4) is 0 Å². The third-order valence-electron chi connectivity index (χ3n) is 5.86. The molecule has 4 rings (SSSR count). The first kappa shape index (κ1) is 33.2. The Labute approximate surface area is 265 Å². The maximum absolute atomic E-state index is 5.35. The SMILES string of the molecule is S=C(NN1CCCC1)SOSC(=S)NN1CCCC1.S=C(NN1CCCC1)SOSC(=S)NN1CCCC1. The summed E-state index contributed by atoms with van der Waals surface area (Å²) >= 11 is 25.3. The molecule has 0 unspecified atom stereocenters. The minimum Gasteiger partial charge on any atom is -0.302 e. The van der Waals surface area contributed by atoms with E-state index in [-0.39, 0.29) is 0 Å². The molecule has 0 spiro atoms. The average Bonchev–Trinajstić information content (AvgIpc) is 3.69. The molecule has 0 aliphatic carbocycles. The van der Waals surface area contributed by atoms with Gasteiger partial charge in [-0.15, -0.1) is 0 Å². The van der Waals surface area contributed by atoms with E-state index in [9.17, 15) is 0 Å². The lowest BCUT2D eigenvalue weighted by molar-refractivity contribution is 0.300. The Hall–Kier alpha value is 0.720. The van der Waals surface area contributed by atoms with Crippen LogP contribution in [0.4, 0.5) is 0 Å². The van der Waals surface area contributed by atoms with Gasteiger partial charge in [-0.05, 0) is 100 Å². The van der Waals surface area contributed by atoms with E-state index in [0.717, 1.165) is 101 Å². The molecule has 0 saturated carbocycles. The molecule has 4 aliphatic rings. The molecule has 0 amide bonds. The zero-order valence-electron chi connectivity index (χ0n) is 21.2. The fraction of sp³-hybridized carbons (Fsp3) is 0.800. The Kier molecular flexibility index (Phi) is 17.3. The smallest absolute Gasteiger partial charge is 0.176 e. The largest absolute Gasteiger partial charge is 0.302 e. The number of hydrazine groups is 4. The van der Waals surface area contributed by atoms with Gasteiger partial charge in [0.2, 0.25) is 0 Å². The fourth-order valence-corrected chi connectivity index (χ4v) is 7.51. The first-order chi connectivity index (χ1) is 18.5. The molecule has 0 aromatic carbocycles. The lowest BCUT2D eigenvalue weighted by atomic mass is 10.4. The van der Waals surface area contributed by atoms with Crippen LogP contribution in [0.25, 0.3) is 0 Å². The molecule has 4 N–H and O–H groups in total. The van der Waals surface area contributed by atoms with E-state index in [1.807, 2.05) is 0 Å². The molecule has 4 fully saturated rings. The van der Waals surface area contributed by atoms with Crippen molar-refractivity contribution < 1.29 is 7.26 Å². The highest BCUT2D eigenvalue weighted by Gasteiger charge is 2.16. The van der Waals surface area contributed by atoms with Gasteiger partial charge in [-0.25, -0.2) is 27.3 Å². The Bertz CT molecular complexity index is 639. The van der Waals surface area contributed by atoms with Crippen LogP contribution in [0.15, 0.2) is 0 Å². The Balaban J connectivity index is 0.000000211. The lowest BCUT2D eigenvalue weighted by Crippen LogP contribution is -2.38. The molecule has 0 aromatic rings. The predicted molar refractivity (Wildman–Crippen MR) is 179 cm³/mol. The van der Waals surface area contributed by atoms with Crippen LogP contribution in [-0.4, -0.2) is 89.7 Å². The minimum atomic E-state index is 0.623. The monoisotopic (exact) mass is 676 g/mol. The summed E-state index contributed by atoms with van der Waals surface area (Å²) < 4.78 is 13.2. The molecule has 0 radical (unpaired) electrons. The second kappa shape index (κ2) is 19.8. The van der Waals surface area contributed by atoms with E-state index in [2.05, 4.69) is 41.7 Å². The van der Waals surface area contributed by atoms with Gasteiger partial charge >= 0.3 is 0 Å². The van der Waals surface area contributed by atoms with Gasteiger partial charge in [-0.1, -0.05) is 0 Å². The number of nitrogens with one attached hydrogen (secondary N) is 4. The van der Waals surface area contributed by atoms with Crippen LogP contribution in [-0.2, 0) is 7.26 Å². The lowest BCUT2D eigenvalue weighted by Gasteiger charge is -2.18. The molecule has 18 heteroatoms. The molecule has 4 aliphatic heterocycles. The molecule has 4 heterocycles. The van der Waals surface area contributed by atoms with Crippen molar-refractivity contribution in [1.82, 2.24) is 41.7 Å². The molecule has 38 heavy (non-hydrogen) atoms. The summed E-state index contributed by atoms with van der Waals surface area (Å²) in [4.78, 5) is 0. The normalized spacial score (nSPS) is 20.6. The number of rotatable bonds is 8. The number of hydrogen-bond donors (Lipinski definition) is 4. The summed E-state index contributed by atoms with van der Waals surface area (Å²) in [6.45, 7) is 8.36. The highest BCUT2D eigenvalue weighted by Crippen LogP contribution is 2.19. The Morgan fingerprint density at radius 1 is 0.395 bits per heavy atom. The van der Waals surface area contributed by atoms with Crippen molar-refractivity contribution in [2.45, 2.75) is 51.4 Å². The summed E-state index contributed by atoms with van der Waals surface area (Å²) in [5.74, 6) is 0. The molecule has 0 aromatic heterocycles. The summed E-state index contributed by atoms with van der Waals surface area (Å²) in [5.41, 5.74) is 12.6. The molecule has 4 saturated heterocycles. The quantitative estimate of drug-likeness (QED) is 0.220. The third kappa shape index (κ3) is 14.6. The van der Waals surface area contributed by atoms with Crippen LogP contribution in [0, 0.1) is 0 Å². The van der Waals surface area contributed by atoms with Gasteiger partial charge < -0.3 is 21.7 Å². The van der Waals surface area contributed by atoms with Crippen molar-refractivity contribution in [3.63, 3.8) is 0 Å². The average molecular weight is 677 g/mol. The van der Waals surface area contributed by atoms with Gasteiger partial charge in [-0.3, -0.25) is 0 Å². The van der Waals surface area contributed by atoms with Gasteiger partial charge in [0.1, 0.15) is 0 Å². The summed E-state index contributed by atoms with van der Waals surface area (Å²) in [5, 5.41) is 8.46. The fourth-order valence-electron chi connectivity index (χ4n) is 4.06. The minimum absolute atomic E-state index is 0.623. The van der Waals surface area contributed by atoms with Gasteiger partial charge in [0.25, 0.3) is 0 Å². The van der Waals surface area contributed by atoms with E-state index in [0.29, 0.717) is 17.3 Å². The van der Waals surface area contributed by atoms with Crippen LogP contribution in [0.5, 0.6) is 0 Å². The first-order valence-electron chi connectivity index (χ1n) is 12.7. The van der Waals surface area contributed by atoms with Gasteiger partial charge in [-0.2, -0.15) is 0 Å². The second-order valence-corrected chi connectivity index (χ2v) is 14.9. The van der Waals surface area contributed by atoms with E-state index in [4.69, 9.17) is 56.1 Å². The Morgan fingerprint density at radius 2 is 0.579 bits per heavy atom. The van der Waals surface area contributed by atoms with Crippen molar-refractivity contribution in [3.05, 3.63) is 0 Å². The Morgan fingerprint density at radius 3 is 0.763 bits per heavy atom. The van der Waals surface area contributed by atoms with E-state index in [1.54, 1.807) is 0 Å². The van der Waals surface area contributed by atoms with Crippen molar-refractivity contribution in [2.75, 3.05) is 52.4 Å². The van der Waals surface area contributed by atoms with Crippen molar-refractivity contribution in [1.29, 1.82) is 0 Å². The van der Waals surface area contributed by atoms with Crippen LogP contribution in [0.3, 0.4) is 0 Å². The van der Waals surface area contributed by atoms with Crippen molar-refractivity contribution >= 4 is 114 Å². The topological polar surface area (TPSA) is 79.5 Å². The van der Waals surface area contributed by atoms with E-state index < -0.39 is 0 Å². The van der Waals surface area contributed by atoms with Gasteiger partial charge in [0.05, 0.1) is 48.2 Å². The standard InChI is InChI=1S/2C10H18N4OS4/c2*16-9(11-13-5-1-2-6-13)18-15-19-10(17)12-14-7-3-4-8-14/h2*1-8H2,(H,11,16)(H,12,17). The highest BCUT2D eigenvalue weighted by atomic mass is 32.3. The number of hydrogen-bond acceptors (Lipinski definition) is 14. The molecular weight excluding hydrogens is 641 g/mol.